The summed E-state index contributed by atoms with van der Waals surface area (Å²) in [5, 5.41) is 16.9. The largest absolute Gasteiger partial charge is 0.387 e. The molecule has 0 saturated carbocycles. The molecule has 1 unspecified atom stereocenters. The summed E-state index contributed by atoms with van der Waals surface area (Å²) in [7, 11) is 0. The van der Waals surface area contributed by atoms with Crippen LogP contribution in [-0.2, 0) is 0 Å². The molecule has 2 aromatic heterocycles. The van der Waals surface area contributed by atoms with Gasteiger partial charge in [0.25, 0.3) is 0 Å². The Morgan fingerprint density at radius 1 is 1.11 bits per heavy atom. The fraction of sp³-hybridized carbons (Fsp3) is 0.143. The number of aliphatic hydroxyl groups excluding tert-OH is 1. The molecule has 4 heteroatoms. The Balaban J connectivity index is 0.000000134. The molecule has 0 bridgehead atoms. The Morgan fingerprint density at radius 3 is 2.50 bits per heavy atom. The monoisotopic (exact) mass is 241 g/mol. The van der Waals surface area contributed by atoms with Crippen molar-refractivity contribution in [2.45, 2.75) is 13.0 Å². The molecule has 0 amide bonds. The van der Waals surface area contributed by atoms with E-state index in [9.17, 15) is 0 Å². The molecule has 4 nitrogen and oxygen atoms in total. The minimum absolute atomic E-state index is 0.453. The average molecular weight is 241 g/mol. The first-order valence-corrected chi connectivity index (χ1v) is 5.74. The SMILES string of the molecule is CC(O)c1ccccn1.c1ccc2[nH]ncc2c1. The van der Waals surface area contributed by atoms with E-state index in [1.807, 2.05) is 42.6 Å². The molecule has 18 heavy (non-hydrogen) atoms. The molecule has 0 aliphatic heterocycles. The first-order valence-electron chi connectivity index (χ1n) is 5.74. The number of para-hydroxylation sites is 1. The van der Waals surface area contributed by atoms with Gasteiger partial charge in [-0.05, 0) is 25.1 Å². The Bertz CT molecular complexity index is 560. The van der Waals surface area contributed by atoms with Crippen LogP contribution >= 0.6 is 0 Å². The molecule has 0 aliphatic carbocycles. The van der Waals surface area contributed by atoms with Gasteiger partial charge in [-0.3, -0.25) is 10.1 Å². The number of pyridine rings is 1. The van der Waals surface area contributed by atoms with Gasteiger partial charge in [0.05, 0.1) is 23.5 Å². The third-order valence-electron chi connectivity index (χ3n) is 2.47. The number of aromatic amines is 1. The molecule has 0 saturated heterocycles. The lowest BCUT2D eigenvalue weighted by Crippen LogP contribution is -1.92. The van der Waals surface area contributed by atoms with Gasteiger partial charge in [0, 0.05) is 11.6 Å². The van der Waals surface area contributed by atoms with Gasteiger partial charge < -0.3 is 5.11 Å². The van der Waals surface area contributed by atoms with Crippen molar-refractivity contribution in [1.82, 2.24) is 15.2 Å². The molecule has 1 atom stereocenters. The van der Waals surface area contributed by atoms with Gasteiger partial charge in [0.2, 0.25) is 0 Å². The van der Waals surface area contributed by atoms with Crippen LogP contribution in [0.4, 0.5) is 0 Å². The zero-order valence-electron chi connectivity index (χ0n) is 10.1. The normalized spacial score (nSPS) is 11.7. The molecular formula is C14H15N3O. The molecule has 0 spiro atoms. The second kappa shape index (κ2) is 5.93. The molecule has 1 aromatic carbocycles. The second-order valence-corrected chi connectivity index (χ2v) is 3.89. The third-order valence-corrected chi connectivity index (χ3v) is 2.47. The lowest BCUT2D eigenvalue weighted by Gasteiger charge is -1.99. The lowest BCUT2D eigenvalue weighted by molar-refractivity contribution is 0.194. The van der Waals surface area contributed by atoms with Crippen molar-refractivity contribution in [2.75, 3.05) is 0 Å². The molecule has 3 rings (SSSR count). The topological polar surface area (TPSA) is 61.8 Å². The molecular weight excluding hydrogens is 226 g/mol. The van der Waals surface area contributed by atoms with Gasteiger partial charge in [0.15, 0.2) is 0 Å². The van der Waals surface area contributed by atoms with Crippen LogP contribution in [0.3, 0.4) is 0 Å². The maximum Gasteiger partial charge on any atom is 0.0931 e. The molecule has 92 valence electrons. The zero-order valence-corrected chi connectivity index (χ0v) is 10.1. The summed E-state index contributed by atoms with van der Waals surface area (Å²) in [4.78, 5) is 3.93. The van der Waals surface area contributed by atoms with Crippen LogP contribution in [0, 0.1) is 0 Å². The summed E-state index contributed by atoms with van der Waals surface area (Å²) in [5.74, 6) is 0. The fourth-order valence-electron chi connectivity index (χ4n) is 1.51. The van der Waals surface area contributed by atoms with E-state index in [0.717, 1.165) is 16.6 Å². The summed E-state index contributed by atoms with van der Waals surface area (Å²) in [5.41, 5.74) is 1.81. The van der Waals surface area contributed by atoms with E-state index in [1.165, 1.54) is 0 Å². The highest BCUT2D eigenvalue weighted by Crippen LogP contribution is 2.07. The van der Waals surface area contributed by atoms with Crippen LogP contribution in [0.1, 0.15) is 18.7 Å². The molecule has 2 N–H and O–H groups in total. The average Bonchev–Trinajstić information content (AvgIpc) is 2.89. The Hall–Kier alpha value is -2.20. The van der Waals surface area contributed by atoms with Gasteiger partial charge in [0.1, 0.15) is 0 Å². The van der Waals surface area contributed by atoms with Crippen molar-refractivity contribution in [3.05, 3.63) is 60.6 Å². The van der Waals surface area contributed by atoms with Gasteiger partial charge in [-0.2, -0.15) is 5.10 Å². The Labute approximate surface area is 105 Å². The minimum Gasteiger partial charge on any atom is -0.387 e. The quantitative estimate of drug-likeness (QED) is 0.688. The number of benzene rings is 1. The van der Waals surface area contributed by atoms with Crippen molar-refractivity contribution >= 4 is 10.9 Å². The standard InChI is InChI=1S/C7H6N2.C7H9NO/c1-2-4-7-6(3-1)5-8-9-7;1-6(9)7-4-2-3-5-8-7/h1-5H,(H,8,9);2-6,9H,1H3. The first-order chi connectivity index (χ1) is 8.77. The second-order valence-electron chi connectivity index (χ2n) is 3.89. The summed E-state index contributed by atoms with van der Waals surface area (Å²) < 4.78 is 0. The van der Waals surface area contributed by atoms with Crippen LogP contribution in [0.5, 0.6) is 0 Å². The highest BCUT2D eigenvalue weighted by atomic mass is 16.3. The maximum absolute atomic E-state index is 8.96. The van der Waals surface area contributed by atoms with E-state index in [0.29, 0.717) is 0 Å². The third kappa shape index (κ3) is 3.15. The van der Waals surface area contributed by atoms with E-state index in [-0.39, 0.29) is 0 Å². The van der Waals surface area contributed by atoms with Crippen molar-refractivity contribution in [2.24, 2.45) is 0 Å². The van der Waals surface area contributed by atoms with Gasteiger partial charge >= 0.3 is 0 Å². The summed E-state index contributed by atoms with van der Waals surface area (Å²) in [6.07, 6.45) is 3.03. The van der Waals surface area contributed by atoms with E-state index in [1.54, 1.807) is 19.2 Å². The number of H-pyrrole nitrogens is 1. The Kier molecular flexibility index (Phi) is 4.04. The number of aromatic nitrogens is 3. The van der Waals surface area contributed by atoms with E-state index >= 15 is 0 Å². The predicted octanol–water partition coefficient (Wildman–Crippen LogP) is 2.70. The van der Waals surface area contributed by atoms with E-state index in [4.69, 9.17) is 5.11 Å². The number of nitrogens with one attached hydrogen (secondary N) is 1. The lowest BCUT2D eigenvalue weighted by atomic mass is 10.2. The highest BCUT2D eigenvalue weighted by molar-refractivity contribution is 5.77. The molecule has 0 fully saturated rings. The minimum atomic E-state index is -0.453. The van der Waals surface area contributed by atoms with Gasteiger partial charge in [-0.15, -0.1) is 0 Å². The van der Waals surface area contributed by atoms with E-state index in [2.05, 4.69) is 15.2 Å². The fourth-order valence-corrected chi connectivity index (χ4v) is 1.51. The molecule has 0 radical (unpaired) electrons. The van der Waals surface area contributed by atoms with E-state index < -0.39 is 6.10 Å². The van der Waals surface area contributed by atoms with Gasteiger partial charge in [-0.1, -0.05) is 24.3 Å². The van der Waals surface area contributed by atoms with Crippen LogP contribution < -0.4 is 0 Å². The number of fused-ring (bicyclic) bond motifs is 1. The first kappa shape index (κ1) is 12.3. The smallest absolute Gasteiger partial charge is 0.0931 e. The van der Waals surface area contributed by atoms with Crippen LogP contribution in [0.25, 0.3) is 10.9 Å². The maximum atomic E-state index is 8.96. The van der Waals surface area contributed by atoms with Crippen molar-refractivity contribution in [1.29, 1.82) is 0 Å². The number of hydrogen-bond acceptors (Lipinski definition) is 3. The number of nitrogens with zero attached hydrogens (tertiary/aromatic N) is 2. The summed E-state index contributed by atoms with van der Waals surface area (Å²) in [6.45, 7) is 1.70. The van der Waals surface area contributed by atoms with Crippen molar-refractivity contribution in [3.8, 4) is 0 Å². The van der Waals surface area contributed by atoms with Crippen LogP contribution in [-0.4, -0.2) is 20.3 Å². The van der Waals surface area contributed by atoms with Crippen molar-refractivity contribution in [3.63, 3.8) is 0 Å². The number of rotatable bonds is 1. The number of aliphatic hydroxyl groups is 1. The number of hydrogen-bond donors (Lipinski definition) is 2. The molecule has 3 aromatic rings. The van der Waals surface area contributed by atoms with Crippen LogP contribution in [0.15, 0.2) is 54.9 Å². The van der Waals surface area contributed by atoms with Crippen molar-refractivity contribution < 1.29 is 5.11 Å². The summed E-state index contributed by atoms with van der Waals surface area (Å²) in [6, 6.07) is 13.5. The predicted molar refractivity (Wildman–Crippen MR) is 71.0 cm³/mol. The zero-order chi connectivity index (χ0) is 12.8. The summed E-state index contributed by atoms with van der Waals surface area (Å²) >= 11 is 0. The highest BCUT2D eigenvalue weighted by Gasteiger charge is 1.97. The molecule has 2 heterocycles. The molecule has 0 aliphatic rings. The Morgan fingerprint density at radius 2 is 1.89 bits per heavy atom. The van der Waals surface area contributed by atoms with Gasteiger partial charge in [-0.25, -0.2) is 0 Å². The van der Waals surface area contributed by atoms with Crippen LogP contribution in [0.2, 0.25) is 0 Å².